The van der Waals surface area contributed by atoms with Gasteiger partial charge in [0.05, 0.1) is 12.8 Å². The molecule has 0 amide bonds. The first-order valence-corrected chi connectivity index (χ1v) is 8.65. The van der Waals surface area contributed by atoms with E-state index in [2.05, 4.69) is 32.9 Å². The van der Waals surface area contributed by atoms with Crippen LogP contribution in [0.1, 0.15) is 26.5 Å². The maximum atomic E-state index is 5.79. The Balaban J connectivity index is 2.40. The topological polar surface area (TPSA) is 40.6 Å². The number of hydrogen-bond acceptors (Lipinski definition) is 4. The van der Waals surface area contributed by atoms with Crippen molar-refractivity contribution in [3.05, 3.63) is 54.2 Å². The molecule has 26 heavy (non-hydrogen) atoms. The van der Waals surface area contributed by atoms with E-state index in [0.29, 0.717) is 5.88 Å². The van der Waals surface area contributed by atoms with Gasteiger partial charge in [0.2, 0.25) is 5.88 Å². The Labute approximate surface area is 154 Å². The first-order chi connectivity index (χ1) is 12.5. The number of methoxy groups -OCH3 is 2. The minimum Gasteiger partial charge on any atom is -0.497 e. The average molecular weight is 351 g/mol. The molecule has 0 fully saturated rings. The van der Waals surface area contributed by atoms with Crippen molar-refractivity contribution in [2.24, 2.45) is 0 Å². The molecule has 4 heteroatoms. The van der Waals surface area contributed by atoms with Gasteiger partial charge in [0.1, 0.15) is 5.75 Å². The quantitative estimate of drug-likeness (QED) is 0.593. The second-order valence-corrected chi connectivity index (χ2v) is 7.22. The lowest BCUT2D eigenvalue weighted by Crippen LogP contribution is -2.17. The Kier molecular flexibility index (Phi) is 5.14. The molecule has 3 rings (SSSR count). The van der Waals surface area contributed by atoms with Crippen LogP contribution in [0.25, 0.3) is 21.9 Å². The van der Waals surface area contributed by atoms with E-state index in [9.17, 15) is 0 Å². The zero-order valence-electron chi connectivity index (χ0n) is 16.0. The van der Waals surface area contributed by atoms with Gasteiger partial charge < -0.3 is 14.2 Å². The normalized spacial score (nSPS) is 11.6. The highest BCUT2D eigenvalue weighted by Crippen LogP contribution is 2.41. The van der Waals surface area contributed by atoms with Crippen LogP contribution in [-0.4, -0.2) is 26.0 Å². The van der Waals surface area contributed by atoms with Gasteiger partial charge in [-0.05, 0) is 23.8 Å². The van der Waals surface area contributed by atoms with Crippen molar-refractivity contribution in [2.45, 2.75) is 26.2 Å². The minimum absolute atomic E-state index is 0.155. The zero-order chi connectivity index (χ0) is 18.7. The molecule has 3 aromatic rings. The van der Waals surface area contributed by atoms with E-state index in [1.807, 2.05) is 36.4 Å². The van der Waals surface area contributed by atoms with Crippen LogP contribution in [0.4, 0.5) is 0 Å². The summed E-state index contributed by atoms with van der Waals surface area (Å²) in [6.45, 7) is 6.64. The second kappa shape index (κ2) is 7.34. The van der Waals surface area contributed by atoms with Crippen molar-refractivity contribution in [1.82, 2.24) is 4.98 Å². The number of benzene rings is 2. The van der Waals surface area contributed by atoms with Crippen molar-refractivity contribution < 1.29 is 14.2 Å². The standard InChI is InChI=1S/C22H25NO3/c1-22(2,3)20-19(15-9-7-6-8-10-15)18-13-16(25-5)11-12-17(18)21(23-20)26-14-24-4/h6-13H,14H2,1-5H3. The summed E-state index contributed by atoms with van der Waals surface area (Å²) in [6, 6.07) is 16.3. The molecule has 136 valence electrons. The van der Waals surface area contributed by atoms with E-state index in [-0.39, 0.29) is 12.2 Å². The molecular formula is C22H25NO3. The molecule has 0 spiro atoms. The SMILES string of the molecule is COCOc1nc(C(C)(C)C)c(-c2ccccc2)c2cc(OC)ccc12. The number of aromatic nitrogens is 1. The van der Waals surface area contributed by atoms with Crippen LogP contribution in [0.15, 0.2) is 48.5 Å². The third kappa shape index (κ3) is 3.51. The van der Waals surface area contributed by atoms with Crippen LogP contribution in [-0.2, 0) is 10.2 Å². The Morgan fingerprint density at radius 1 is 0.923 bits per heavy atom. The molecule has 0 aliphatic carbocycles. The van der Waals surface area contributed by atoms with Crippen molar-refractivity contribution in [2.75, 3.05) is 21.0 Å². The molecule has 0 unspecified atom stereocenters. The fourth-order valence-electron chi connectivity index (χ4n) is 3.05. The maximum absolute atomic E-state index is 5.79. The van der Waals surface area contributed by atoms with Gasteiger partial charge in [-0.1, -0.05) is 51.1 Å². The average Bonchev–Trinajstić information content (AvgIpc) is 2.65. The maximum Gasteiger partial charge on any atom is 0.223 e. The van der Waals surface area contributed by atoms with Crippen molar-refractivity contribution in [3.63, 3.8) is 0 Å². The van der Waals surface area contributed by atoms with E-state index >= 15 is 0 Å². The highest BCUT2D eigenvalue weighted by Gasteiger charge is 2.25. The zero-order valence-corrected chi connectivity index (χ0v) is 16.0. The molecule has 0 atom stereocenters. The Morgan fingerprint density at radius 2 is 1.65 bits per heavy atom. The number of ether oxygens (including phenoxy) is 3. The molecule has 2 aromatic carbocycles. The first kappa shape index (κ1) is 18.2. The van der Waals surface area contributed by atoms with E-state index < -0.39 is 0 Å². The van der Waals surface area contributed by atoms with Crippen molar-refractivity contribution in [3.8, 4) is 22.8 Å². The molecule has 4 nitrogen and oxygen atoms in total. The highest BCUT2D eigenvalue weighted by molar-refractivity contribution is 6.01. The number of nitrogens with zero attached hydrogens (tertiary/aromatic N) is 1. The van der Waals surface area contributed by atoms with Gasteiger partial charge in [-0.15, -0.1) is 0 Å². The van der Waals surface area contributed by atoms with Gasteiger partial charge in [0.15, 0.2) is 6.79 Å². The lowest BCUT2D eigenvalue weighted by Gasteiger charge is -2.25. The van der Waals surface area contributed by atoms with E-state index in [1.54, 1.807) is 14.2 Å². The van der Waals surface area contributed by atoms with Crippen LogP contribution in [0.3, 0.4) is 0 Å². The fourth-order valence-corrected chi connectivity index (χ4v) is 3.05. The largest absolute Gasteiger partial charge is 0.497 e. The summed E-state index contributed by atoms with van der Waals surface area (Å²) >= 11 is 0. The number of hydrogen-bond donors (Lipinski definition) is 0. The monoisotopic (exact) mass is 351 g/mol. The summed E-state index contributed by atoms with van der Waals surface area (Å²) in [5, 5.41) is 2.00. The van der Waals surface area contributed by atoms with Crippen LogP contribution in [0.5, 0.6) is 11.6 Å². The lowest BCUT2D eigenvalue weighted by molar-refractivity contribution is 0.0488. The Bertz CT molecular complexity index is 899. The lowest BCUT2D eigenvalue weighted by atomic mass is 9.84. The van der Waals surface area contributed by atoms with Crippen molar-refractivity contribution in [1.29, 1.82) is 0 Å². The molecule has 0 saturated heterocycles. The Hall–Kier alpha value is -2.59. The van der Waals surface area contributed by atoms with Crippen LogP contribution < -0.4 is 9.47 Å². The van der Waals surface area contributed by atoms with Gasteiger partial charge >= 0.3 is 0 Å². The van der Waals surface area contributed by atoms with Crippen molar-refractivity contribution >= 4 is 10.8 Å². The number of fused-ring (bicyclic) bond motifs is 1. The predicted molar refractivity (Wildman–Crippen MR) is 105 cm³/mol. The van der Waals surface area contributed by atoms with Gasteiger partial charge in [-0.25, -0.2) is 4.98 Å². The van der Waals surface area contributed by atoms with Gasteiger partial charge in [-0.2, -0.15) is 0 Å². The number of rotatable bonds is 5. The molecule has 0 aliphatic rings. The summed E-state index contributed by atoms with van der Waals surface area (Å²) < 4.78 is 16.4. The summed E-state index contributed by atoms with van der Waals surface area (Å²) in [5.74, 6) is 1.38. The van der Waals surface area contributed by atoms with Gasteiger partial charge in [0, 0.05) is 28.9 Å². The molecule has 0 bridgehead atoms. The molecule has 0 radical (unpaired) electrons. The summed E-state index contributed by atoms with van der Waals surface area (Å²) in [6.07, 6.45) is 0. The summed E-state index contributed by atoms with van der Waals surface area (Å²) in [4.78, 5) is 4.90. The summed E-state index contributed by atoms with van der Waals surface area (Å²) in [5.41, 5.74) is 3.06. The fraction of sp³-hybridized carbons (Fsp3) is 0.318. The van der Waals surface area contributed by atoms with E-state index in [1.165, 1.54) is 0 Å². The first-order valence-electron chi connectivity index (χ1n) is 8.65. The molecule has 0 saturated carbocycles. The smallest absolute Gasteiger partial charge is 0.223 e. The third-order valence-corrected chi connectivity index (χ3v) is 4.26. The third-order valence-electron chi connectivity index (χ3n) is 4.26. The van der Waals surface area contributed by atoms with Crippen LogP contribution >= 0.6 is 0 Å². The molecule has 1 heterocycles. The minimum atomic E-state index is -0.159. The van der Waals surface area contributed by atoms with E-state index in [4.69, 9.17) is 19.2 Å². The van der Waals surface area contributed by atoms with Gasteiger partial charge in [-0.3, -0.25) is 0 Å². The Morgan fingerprint density at radius 3 is 2.27 bits per heavy atom. The molecule has 0 aliphatic heterocycles. The highest BCUT2D eigenvalue weighted by atomic mass is 16.7. The molecular weight excluding hydrogens is 326 g/mol. The second-order valence-electron chi connectivity index (χ2n) is 7.22. The molecule has 1 aromatic heterocycles. The number of pyridine rings is 1. The van der Waals surface area contributed by atoms with Crippen LogP contribution in [0.2, 0.25) is 0 Å². The van der Waals surface area contributed by atoms with E-state index in [0.717, 1.165) is 33.3 Å². The predicted octanol–water partition coefficient (Wildman–Crippen LogP) is 5.19. The summed E-state index contributed by atoms with van der Waals surface area (Å²) in [7, 11) is 3.28. The molecule has 0 N–H and O–H groups in total. The van der Waals surface area contributed by atoms with Crippen LogP contribution in [0, 0.1) is 0 Å². The van der Waals surface area contributed by atoms with Gasteiger partial charge in [0.25, 0.3) is 0 Å².